The van der Waals surface area contributed by atoms with E-state index >= 15 is 0 Å². The van der Waals surface area contributed by atoms with Crippen LogP contribution in [0.25, 0.3) is 0 Å². The van der Waals surface area contributed by atoms with E-state index in [1.54, 1.807) is 4.90 Å². The van der Waals surface area contributed by atoms with Crippen LogP contribution in [-0.2, 0) is 11.0 Å². The van der Waals surface area contributed by atoms with E-state index in [1.807, 2.05) is 6.07 Å². The zero-order chi connectivity index (χ0) is 16.6. The molecule has 1 N–H and O–H groups in total. The Morgan fingerprint density at radius 2 is 2.04 bits per heavy atom. The fraction of sp³-hybridized carbons (Fsp3) is 0.500. The molecule has 2 fully saturated rings. The van der Waals surface area contributed by atoms with E-state index in [9.17, 15) is 23.2 Å². The Morgan fingerprint density at radius 1 is 1.30 bits per heavy atom. The molecule has 4 nitrogen and oxygen atoms in total. The van der Waals surface area contributed by atoms with Crippen molar-refractivity contribution in [2.24, 2.45) is 0 Å². The van der Waals surface area contributed by atoms with E-state index in [1.165, 1.54) is 6.07 Å². The maximum Gasteiger partial charge on any atom is 0.416 e. The molecule has 1 aliphatic heterocycles. The Labute approximate surface area is 131 Å². The molecule has 1 atom stereocenters. The highest BCUT2D eigenvalue weighted by atomic mass is 19.4. The van der Waals surface area contributed by atoms with E-state index in [4.69, 9.17) is 0 Å². The molecule has 122 valence electrons. The largest absolute Gasteiger partial charge is 0.416 e. The number of benzene rings is 1. The topological polar surface area (TPSA) is 56.1 Å². The third-order valence-electron chi connectivity index (χ3n) is 4.23. The van der Waals surface area contributed by atoms with Crippen molar-refractivity contribution in [1.82, 2.24) is 5.32 Å². The number of rotatable bonds is 3. The second-order valence-electron chi connectivity index (χ2n) is 5.98. The first-order chi connectivity index (χ1) is 10.9. The molecule has 1 aliphatic carbocycles. The van der Waals surface area contributed by atoms with Crippen LogP contribution in [0.2, 0.25) is 0 Å². The molecule has 1 amide bonds. The quantitative estimate of drug-likeness (QED) is 0.930. The highest BCUT2D eigenvalue weighted by Crippen LogP contribution is 2.35. The smallest absolute Gasteiger partial charge is 0.358 e. The maximum absolute atomic E-state index is 12.8. The van der Waals surface area contributed by atoms with Gasteiger partial charge in [0.05, 0.1) is 16.8 Å². The van der Waals surface area contributed by atoms with Crippen LogP contribution in [-0.4, -0.2) is 24.5 Å². The number of carbonyl (C=O) groups is 1. The minimum absolute atomic E-state index is 0.0500. The van der Waals surface area contributed by atoms with Gasteiger partial charge in [-0.3, -0.25) is 4.79 Å². The van der Waals surface area contributed by atoms with Crippen LogP contribution in [0.3, 0.4) is 0 Å². The molecule has 1 aromatic carbocycles. The number of nitrogens with one attached hydrogen (secondary N) is 1. The standard InChI is InChI=1S/C16H16F3N3O/c17-16(18,19)11-3-6-13(10(8-11)9-20)22-7-1-2-14(22)15(23)21-12-4-5-12/h3,6,8,12,14H,1-2,4-5,7H2,(H,21,23). The van der Waals surface area contributed by atoms with Gasteiger partial charge in [0.25, 0.3) is 0 Å². The van der Waals surface area contributed by atoms with Gasteiger partial charge in [-0.25, -0.2) is 0 Å². The Hall–Kier alpha value is -2.23. The first kappa shape index (κ1) is 15.7. The van der Waals surface area contributed by atoms with Crippen LogP contribution in [0.4, 0.5) is 18.9 Å². The lowest BCUT2D eigenvalue weighted by atomic mass is 10.1. The van der Waals surface area contributed by atoms with Crippen molar-refractivity contribution in [3.8, 4) is 6.07 Å². The Bertz CT molecular complexity index is 662. The van der Waals surface area contributed by atoms with Crippen molar-refractivity contribution < 1.29 is 18.0 Å². The van der Waals surface area contributed by atoms with Crippen molar-refractivity contribution in [3.05, 3.63) is 29.3 Å². The monoisotopic (exact) mass is 323 g/mol. The van der Waals surface area contributed by atoms with Crippen molar-refractivity contribution >= 4 is 11.6 Å². The summed E-state index contributed by atoms with van der Waals surface area (Å²) in [4.78, 5) is 14.0. The number of halogens is 3. The molecule has 1 aromatic rings. The minimum Gasteiger partial charge on any atom is -0.358 e. The summed E-state index contributed by atoms with van der Waals surface area (Å²) in [7, 11) is 0. The summed E-state index contributed by atoms with van der Waals surface area (Å²) >= 11 is 0. The summed E-state index contributed by atoms with van der Waals surface area (Å²) < 4.78 is 38.3. The molecule has 7 heteroatoms. The average molecular weight is 323 g/mol. The van der Waals surface area contributed by atoms with E-state index in [0.717, 1.165) is 31.4 Å². The summed E-state index contributed by atoms with van der Waals surface area (Å²) in [6.45, 7) is 0.558. The van der Waals surface area contributed by atoms with Crippen LogP contribution in [0.5, 0.6) is 0 Å². The van der Waals surface area contributed by atoms with Gasteiger partial charge in [-0.05, 0) is 43.9 Å². The van der Waals surface area contributed by atoms with Crippen LogP contribution >= 0.6 is 0 Å². The average Bonchev–Trinajstić information content (AvgIpc) is 3.18. The fourth-order valence-electron chi connectivity index (χ4n) is 2.91. The first-order valence-corrected chi connectivity index (χ1v) is 7.58. The van der Waals surface area contributed by atoms with E-state index in [-0.39, 0.29) is 17.5 Å². The van der Waals surface area contributed by atoms with Gasteiger partial charge in [0, 0.05) is 12.6 Å². The Balaban J connectivity index is 1.87. The van der Waals surface area contributed by atoms with Crippen LogP contribution in [0.15, 0.2) is 18.2 Å². The molecule has 0 spiro atoms. The summed E-state index contributed by atoms with van der Waals surface area (Å²) in [6, 6.07) is 4.75. The van der Waals surface area contributed by atoms with Gasteiger partial charge in [-0.2, -0.15) is 18.4 Å². The second-order valence-corrected chi connectivity index (χ2v) is 5.98. The van der Waals surface area contributed by atoms with Gasteiger partial charge in [0.1, 0.15) is 12.1 Å². The molecule has 0 radical (unpaired) electrons. The number of nitrogens with zero attached hydrogens (tertiary/aromatic N) is 2. The molecule has 1 saturated heterocycles. The molecule has 1 unspecified atom stereocenters. The summed E-state index contributed by atoms with van der Waals surface area (Å²) in [5, 5.41) is 12.1. The fourth-order valence-corrected chi connectivity index (χ4v) is 2.91. The number of hydrogen-bond acceptors (Lipinski definition) is 3. The van der Waals surface area contributed by atoms with Crippen LogP contribution < -0.4 is 10.2 Å². The number of hydrogen-bond donors (Lipinski definition) is 1. The first-order valence-electron chi connectivity index (χ1n) is 7.58. The lowest BCUT2D eigenvalue weighted by Gasteiger charge is -2.27. The predicted molar refractivity (Wildman–Crippen MR) is 77.7 cm³/mol. The Kier molecular flexibility index (Phi) is 3.92. The third-order valence-corrected chi connectivity index (χ3v) is 4.23. The number of amides is 1. The minimum atomic E-state index is -4.49. The molecular weight excluding hydrogens is 307 g/mol. The molecule has 0 bridgehead atoms. The molecular formula is C16H16F3N3O. The molecule has 0 aromatic heterocycles. The molecule has 1 heterocycles. The third kappa shape index (κ3) is 3.26. The highest BCUT2D eigenvalue weighted by Gasteiger charge is 2.36. The summed E-state index contributed by atoms with van der Waals surface area (Å²) in [5.74, 6) is -0.103. The van der Waals surface area contributed by atoms with Gasteiger partial charge < -0.3 is 10.2 Å². The lowest BCUT2D eigenvalue weighted by molar-refractivity contribution is -0.137. The SMILES string of the molecule is N#Cc1cc(C(F)(F)F)ccc1N1CCCC1C(=O)NC1CC1. The van der Waals surface area contributed by atoms with Gasteiger partial charge >= 0.3 is 6.18 Å². The number of nitriles is 1. The van der Waals surface area contributed by atoms with E-state index < -0.39 is 17.8 Å². The van der Waals surface area contributed by atoms with Crippen molar-refractivity contribution in [2.75, 3.05) is 11.4 Å². The zero-order valence-corrected chi connectivity index (χ0v) is 12.4. The number of alkyl halides is 3. The van der Waals surface area contributed by atoms with Gasteiger partial charge in [0.2, 0.25) is 5.91 Å². The number of carbonyl (C=O) groups excluding carboxylic acids is 1. The summed E-state index contributed by atoms with van der Waals surface area (Å²) in [5.41, 5.74) is -0.504. The van der Waals surface area contributed by atoms with Crippen LogP contribution in [0.1, 0.15) is 36.8 Å². The van der Waals surface area contributed by atoms with E-state index in [2.05, 4.69) is 5.32 Å². The molecule has 2 aliphatic rings. The Morgan fingerprint density at radius 3 is 2.65 bits per heavy atom. The van der Waals surface area contributed by atoms with Crippen molar-refractivity contribution in [3.63, 3.8) is 0 Å². The van der Waals surface area contributed by atoms with Gasteiger partial charge in [0.15, 0.2) is 0 Å². The zero-order valence-electron chi connectivity index (χ0n) is 12.4. The molecule has 3 rings (SSSR count). The number of anilines is 1. The molecule has 1 saturated carbocycles. The summed E-state index contributed by atoms with van der Waals surface area (Å²) in [6.07, 6.45) is -1.12. The normalized spacial score (nSPS) is 21.1. The van der Waals surface area contributed by atoms with Crippen molar-refractivity contribution in [1.29, 1.82) is 5.26 Å². The second kappa shape index (κ2) is 5.76. The van der Waals surface area contributed by atoms with Crippen molar-refractivity contribution in [2.45, 2.75) is 43.9 Å². The van der Waals surface area contributed by atoms with Gasteiger partial charge in [-0.15, -0.1) is 0 Å². The highest BCUT2D eigenvalue weighted by molar-refractivity contribution is 5.87. The van der Waals surface area contributed by atoms with Gasteiger partial charge in [-0.1, -0.05) is 0 Å². The predicted octanol–water partition coefficient (Wildman–Crippen LogP) is 2.82. The lowest BCUT2D eigenvalue weighted by Crippen LogP contribution is -2.44. The maximum atomic E-state index is 12.8. The van der Waals surface area contributed by atoms with Crippen LogP contribution in [0, 0.1) is 11.3 Å². The van der Waals surface area contributed by atoms with E-state index in [0.29, 0.717) is 18.7 Å². The molecule has 23 heavy (non-hydrogen) atoms.